The van der Waals surface area contributed by atoms with Gasteiger partial charge < -0.3 is 14.6 Å². The highest BCUT2D eigenvalue weighted by Gasteiger charge is 2.36. The summed E-state index contributed by atoms with van der Waals surface area (Å²) in [5.41, 5.74) is -0.832. The molecule has 0 radical (unpaired) electrons. The van der Waals surface area contributed by atoms with Gasteiger partial charge in [-0.15, -0.1) is 0 Å². The van der Waals surface area contributed by atoms with Crippen LogP contribution in [0.2, 0.25) is 0 Å². The quantitative estimate of drug-likeness (QED) is 0.603. The first kappa shape index (κ1) is 17.4. The van der Waals surface area contributed by atoms with Gasteiger partial charge in [0, 0.05) is 19.3 Å². The fraction of sp³-hybridized carbons (Fsp3) is 0.933. The van der Waals surface area contributed by atoms with Crippen molar-refractivity contribution in [3.05, 3.63) is 0 Å². The van der Waals surface area contributed by atoms with Gasteiger partial charge >= 0.3 is 5.97 Å². The first-order valence-electron chi connectivity index (χ1n) is 7.70. The smallest absolute Gasteiger partial charge is 0.323 e. The number of hydrogen-bond acceptors (Lipinski definition) is 4. The lowest BCUT2D eigenvalue weighted by Crippen LogP contribution is -2.54. The van der Waals surface area contributed by atoms with Crippen LogP contribution in [0.15, 0.2) is 0 Å². The van der Waals surface area contributed by atoms with E-state index in [2.05, 4.69) is 5.32 Å². The standard InChI is InChI=1S/C15H29NO4/c1-4-15(14(17)18,16-12(2)3)8-6-9-19-11-13-7-5-10-20-13/h12-13,16H,4-11H2,1-3H3,(H,17,18). The molecule has 1 rings (SSSR count). The van der Waals surface area contributed by atoms with Gasteiger partial charge in [0.1, 0.15) is 5.54 Å². The third-order valence-electron chi connectivity index (χ3n) is 3.80. The van der Waals surface area contributed by atoms with Crippen LogP contribution in [0.1, 0.15) is 52.9 Å². The zero-order valence-electron chi connectivity index (χ0n) is 13.0. The van der Waals surface area contributed by atoms with E-state index in [1.54, 1.807) is 0 Å². The molecule has 1 aliphatic heterocycles. The van der Waals surface area contributed by atoms with Gasteiger partial charge in [0.2, 0.25) is 0 Å². The summed E-state index contributed by atoms with van der Waals surface area (Å²) in [6.07, 6.45) is 4.33. The van der Waals surface area contributed by atoms with Crippen molar-refractivity contribution in [1.29, 1.82) is 0 Å². The molecule has 0 spiro atoms. The third kappa shape index (κ3) is 5.38. The van der Waals surface area contributed by atoms with Crippen molar-refractivity contribution in [2.45, 2.75) is 70.6 Å². The molecule has 5 nitrogen and oxygen atoms in total. The Labute approximate surface area is 122 Å². The minimum absolute atomic E-state index is 0.152. The number of aliphatic carboxylic acids is 1. The summed E-state index contributed by atoms with van der Waals surface area (Å²) in [6.45, 7) is 7.92. The number of hydrogen-bond donors (Lipinski definition) is 2. The highest BCUT2D eigenvalue weighted by Crippen LogP contribution is 2.19. The maximum absolute atomic E-state index is 11.5. The molecule has 1 saturated heterocycles. The molecule has 0 saturated carbocycles. The lowest BCUT2D eigenvalue weighted by molar-refractivity contribution is -0.146. The SMILES string of the molecule is CCC(CCCOCC1CCCO1)(NC(C)C)C(=O)O. The van der Waals surface area contributed by atoms with Gasteiger partial charge in [-0.1, -0.05) is 6.92 Å². The summed E-state index contributed by atoms with van der Waals surface area (Å²) < 4.78 is 11.1. The van der Waals surface area contributed by atoms with E-state index in [0.29, 0.717) is 26.1 Å². The van der Waals surface area contributed by atoms with E-state index in [-0.39, 0.29) is 12.1 Å². The van der Waals surface area contributed by atoms with Crippen LogP contribution >= 0.6 is 0 Å². The molecule has 2 N–H and O–H groups in total. The van der Waals surface area contributed by atoms with Gasteiger partial charge in [0.25, 0.3) is 0 Å². The van der Waals surface area contributed by atoms with Gasteiger partial charge in [0.15, 0.2) is 0 Å². The van der Waals surface area contributed by atoms with Crippen molar-refractivity contribution in [2.24, 2.45) is 0 Å². The highest BCUT2D eigenvalue weighted by atomic mass is 16.5. The molecule has 0 bridgehead atoms. The Kier molecular flexibility index (Phi) is 7.48. The Morgan fingerprint density at radius 2 is 2.30 bits per heavy atom. The van der Waals surface area contributed by atoms with Crippen molar-refractivity contribution < 1.29 is 19.4 Å². The van der Waals surface area contributed by atoms with Gasteiger partial charge in [0.05, 0.1) is 12.7 Å². The fourth-order valence-corrected chi connectivity index (χ4v) is 2.69. The Hall–Kier alpha value is -0.650. The van der Waals surface area contributed by atoms with Crippen LogP contribution in [0.25, 0.3) is 0 Å². The monoisotopic (exact) mass is 287 g/mol. The summed E-state index contributed by atoms with van der Waals surface area (Å²) in [7, 11) is 0. The average Bonchev–Trinajstić information content (AvgIpc) is 2.89. The van der Waals surface area contributed by atoms with Crippen molar-refractivity contribution >= 4 is 5.97 Å². The third-order valence-corrected chi connectivity index (χ3v) is 3.80. The molecule has 20 heavy (non-hydrogen) atoms. The second-order valence-electron chi connectivity index (χ2n) is 5.85. The molecule has 1 aliphatic rings. The van der Waals surface area contributed by atoms with Crippen LogP contribution in [0.4, 0.5) is 0 Å². The second kappa shape index (κ2) is 8.60. The molecule has 0 aromatic rings. The number of carboxylic acid groups (broad SMARTS) is 1. The van der Waals surface area contributed by atoms with Crippen molar-refractivity contribution in [3.8, 4) is 0 Å². The number of carboxylic acids is 1. The van der Waals surface area contributed by atoms with Gasteiger partial charge in [-0.2, -0.15) is 0 Å². The second-order valence-corrected chi connectivity index (χ2v) is 5.85. The summed E-state index contributed by atoms with van der Waals surface area (Å²) in [5, 5.41) is 12.7. The molecule has 5 heteroatoms. The first-order valence-corrected chi connectivity index (χ1v) is 7.70. The van der Waals surface area contributed by atoms with E-state index in [0.717, 1.165) is 25.9 Å². The molecule has 1 heterocycles. The normalized spacial score (nSPS) is 22.1. The summed E-state index contributed by atoms with van der Waals surface area (Å²) in [6, 6.07) is 0.152. The number of carbonyl (C=O) groups is 1. The molecular formula is C15H29NO4. The number of rotatable bonds is 10. The maximum atomic E-state index is 11.5. The van der Waals surface area contributed by atoms with E-state index in [1.807, 2.05) is 20.8 Å². The van der Waals surface area contributed by atoms with E-state index in [4.69, 9.17) is 9.47 Å². The molecule has 0 amide bonds. The Morgan fingerprint density at radius 1 is 1.55 bits per heavy atom. The average molecular weight is 287 g/mol. The van der Waals surface area contributed by atoms with Gasteiger partial charge in [-0.3, -0.25) is 10.1 Å². The lowest BCUT2D eigenvalue weighted by atomic mass is 9.89. The lowest BCUT2D eigenvalue weighted by Gasteiger charge is -2.31. The van der Waals surface area contributed by atoms with Crippen LogP contribution < -0.4 is 5.32 Å². The Balaban J connectivity index is 2.28. The minimum atomic E-state index is -0.832. The van der Waals surface area contributed by atoms with E-state index in [1.165, 1.54) is 0 Å². The summed E-state index contributed by atoms with van der Waals surface area (Å²) in [4.78, 5) is 11.5. The molecule has 1 fully saturated rings. The zero-order valence-corrected chi connectivity index (χ0v) is 13.0. The van der Waals surface area contributed by atoms with Crippen LogP contribution in [0, 0.1) is 0 Å². The molecule has 2 unspecified atom stereocenters. The summed E-state index contributed by atoms with van der Waals surface area (Å²) in [5.74, 6) is -0.771. The molecule has 2 atom stereocenters. The van der Waals surface area contributed by atoms with E-state index >= 15 is 0 Å². The highest BCUT2D eigenvalue weighted by molar-refractivity contribution is 5.78. The zero-order chi connectivity index (χ0) is 15.0. The Morgan fingerprint density at radius 3 is 2.80 bits per heavy atom. The molecule has 0 aromatic heterocycles. The van der Waals surface area contributed by atoms with Crippen LogP contribution in [0.3, 0.4) is 0 Å². The van der Waals surface area contributed by atoms with E-state index in [9.17, 15) is 9.90 Å². The number of ether oxygens (including phenoxy) is 2. The van der Waals surface area contributed by atoms with Crippen molar-refractivity contribution in [1.82, 2.24) is 5.32 Å². The summed E-state index contributed by atoms with van der Waals surface area (Å²) >= 11 is 0. The number of nitrogens with one attached hydrogen (secondary N) is 1. The predicted molar refractivity (Wildman–Crippen MR) is 78.0 cm³/mol. The molecule has 118 valence electrons. The molecule has 0 aliphatic carbocycles. The van der Waals surface area contributed by atoms with Crippen LogP contribution in [0.5, 0.6) is 0 Å². The Bertz CT molecular complexity index is 290. The van der Waals surface area contributed by atoms with Crippen LogP contribution in [-0.4, -0.2) is 48.6 Å². The minimum Gasteiger partial charge on any atom is -0.480 e. The van der Waals surface area contributed by atoms with Gasteiger partial charge in [-0.25, -0.2) is 0 Å². The maximum Gasteiger partial charge on any atom is 0.323 e. The van der Waals surface area contributed by atoms with Crippen molar-refractivity contribution in [3.63, 3.8) is 0 Å². The predicted octanol–water partition coefficient (Wildman–Crippen LogP) is 2.19. The molecular weight excluding hydrogens is 258 g/mol. The first-order chi connectivity index (χ1) is 9.50. The van der Waals surface area contributed by atoms with Crippen molar-refractivity contribution in [2.75, 3.05) is 19.8 Å². The largest absolute Gasteiger partial charge is 0.480 e. The molecule has 0 aromatic carbocycles. The van der Waals surface area contributed by atoms with E-state index < -0.39 is 11.5 Å². The topological polar surface area (TPSA) is 67.8 Å². The fourth-order valence-electron chi connectivity index (χ4n) is 2.69. The van der Waals surface area contributed by atoms with Gasteiger partial charge in [-0.05, 0) is 46.0 Å². The van der Waals surface area contributed by atoms with Crippen LogP contribution in [-0.2, 0) is 14.3 Å².